The second kappa shape index (κ2) is 8.97. The van der Waals surface area contributed by atoms with Crippen molar-refractivity contribution in [2.75, 3.05) is 7.11 Å². The van der Waals surface area contributed by atoms with Crippen LogP contribution in [0.2, 0.25) is 10.0 Å². The number of hydrogen-bond donors (Lipinski definition) is 0. The number of rotatable bonds is 8. The summed E-state index contributed by atoms with van der Waals surface area (Å²) in [5, 5.41) is 1.15. The average Bonchev–Trinajstić information content (AvgIpc) is 3.16. The molecule has 3 rings (SSSR count). The first kappa shape index (κ1) is 18.6. The fourth-order valence-electron chi connectivity index (χ4n) is 2.68. The van der Waals surface area contributed by atoms with Crippen LogP contribution in [0.25, 0.3) is 0 Å². The van der Waals surface area contributed by atoms with Crippen LogP contribution in [0, 0.1) is 0 Å². The van der Waals surface area contributed by atoms with Crippen molar-refractivity contribution in [1.82, 2.24) is 9.55 Å². The molecular formula is C20H20Cl2N2O2. The van der Waals surface area contributed by atoms with Gasteiger partial charge in [-0.1, -0.05) is 35.3 Å². The van der Waals surface area contributed by atoms with Crippen molar-refractivity contribution in [3.63, 3.8) is 0 Å². The molecule has 0 aliphatic heterocycles. The van der Waals surface area contributed by atoms with Gasteiger partial charge in [0.05, 0.1) is 25.0 Å². The summed E-state index contributed by atoms with van der Waals surface area (Å²) in [5.41, 5.74) is 1.22. The number of benzene rings is 2. The molecule has 0 radical (unpaired) electrons. The van der Waals surface area contributed by atoms with Gasteiger partial charge < -0.3 is 14.0 Å². The number of imidazole rings is 1. The fraction of sp³-hybridized carbons (Fsp3) is 0.250. The number of nitrogens with zero attached hydrogens (tertiary/aromatic N) is 2. The second-order valence-electron chi connectivity index (χ2n) is 5.96. The molecular weight excluding hydrogens is 371 g/mol. The average molecular weight is 391 g/mol. The highest BCUT2D eigenvalue weighted by atomic mass is 35.5. The molecule has 2 aromatic carbocycles. The maximum absolute atomic E-state index is 6.26. The summed E-state index contributed by atoms with van der Waals surface area (Å²) in [7, 11) is 1.67. The minimum Gasteiger partial charge on any atom is -0.497 e. The van der Waals surface area contributed by atoms with Crippen LogP contribution >= 0.6 is 23.2 Å². The van der Waals surface area contributed by atoms with E-state index in [9.17, 15) is 0 Å². The molecule has 0 saturated heterocycles. The van der Waals surface area contributed by atoms with Crippen LogP contribution in [-0.2, 0) is 13.0 Å². The Morgan fingerprint density at radius 3 is 2.62 bits per heavy atom. The van der Waals surface area contributed by atoms with Crippen LogP contribution in [0.5, 0.6) is 11.5 Å². The molecule has 4 nitrogen and oxygen atoms in total. The van der Waals surface area contributed by atoms with Crippen LogP contribution in [0.1, 0.15) is 12.0 Å². The van der Waals surface area contributed by atoms with Gasteiger partial charge in [0.1, 0.15) is 17.6 Å². The lowest BCUT2D eigenvalue weighted by Gasteiger charge is -2.21. The lowest BCUT2D eigenvalue weighted by atomic mass is 10.1. The second-order valence-corrected chi connectivity index (χ2v) is 6.80. The van der Waals surface area contributed by atoms with Gasteiger partial charge in [0.15, 0.2) is 0 Å². The van der Waals surface area contributed by atoms with E-state index in [0.717, 1.165) is 18.6 Å². The van der Waals surface area contributed by atoms with Gasteiger partial charge in [-0.05, 0) is 42.7 Å². The summed E-state index contributed by atoms with van der Waals surface area (Å²) in [4.78, 5) is 4.10. The van der Waals surface area contributed by atoms with Gasteiger partial charge in [-0.2, -0.15) is 0 Å². The summed E-state index contributed by atoms with van der Waals surface area (Å²) >= 11 is 12.3. The number of aryl methyl sites for hydroxylation is 1. The van der Waals surface area contributed by atoms with E-state index in [1.54, 1.807) is 37.8 Å². The molecule has 1 heterocycles. The van der Waals surface area contributed by atoms with Crippen molar-refractivity contribution >= 4 is 23.2 Å². The monoisotopic (exact) mass is 390 g/mol. The van der Waals surface area contributed by atoms with Crippen LogP contribution in [-0.4, -0.2) is 22.8 Å². The maximum Gasteiger partial charge on any atom is 0.139 e. The predicted octanol–water partition coefficient (Wildman–Crippen LogP) is 5.28. The molecule has 0 N–H and O–H groups in total. The van der Waals surface area contributed by atoms with E-state index in [2.05, 4.69) is 17.1 Å². The van der Waals surface area contributed by atoms with Gasteiger partial charge >= 0.3 is 0 Å². The van der Waals surface area contributed by atoms with Crippen molar-refractivity contribution in [2.45, 2.75) is 25.5 Å². The number of aromatic nitrogens is 2. The highest BCUT2D eigenvalue weighted by Crippen LogP contribution is 2.29. The highest BCUT2D eigenvalue weighted by Gasteiger charge is 2.14. The van der Waals surface area contributed by atoms with Crippen LogP contribution in [0.4, 0.5) is 0 Å². The van der Waals surface area contributed by atoms with Gasteiger partial charge in [-0.25, -0.2) is 4.98 Å². The van der Waals surface area contributed by atoms with Crippen molar-refractivity contribution < 1.29 is 9.47 Å². The molecule has 1 aromatic heterocycles. The number of halogens is 2. The van der Waals surface area contributed by atoms with E-state index >= 15 is 0 Å². The molecule has 0 amide bonds. The van der Waals surface area contributed by atoms with Crippen molar-refractivity contribution in [1.29, 1.82) is 0 Å². The highest BCUT2D eigenvalue weighted by molar-refractivity contribution is 6.34. The Morgan fingerprint density at radius 1 is 1.12 bits per heavy atom. The Morgan fingerprint density at radius 2 is 1.92 bits per heavy atom. The van der Waals surface area contributed by atoms with Crippen LogP contribution in [0.3, 0.4) is 0 Å². The first-order valence-corrected chi connectivity index (χ1v) is 9.10. The van der Waals surface area contributed by atoms with E-state index in [1.165, 1.54) is 5.56 Å². The molecule has 136 valence electrons. The third-order valence-corrected chi connectivity index (χ3v) is 4.62. The molecule has 3 aromatic rings. The predicted molar refractivity (Wildman–Crippen MR) is 104 cm³/mol. The zero-order chi connectivity index (χ0) is 18.4. The van der Waals surface area contributed by atoms with Crippen molar-refractivity contribution in [3.8, 4) is 11.5 Å². The SMILES string of the molecule is COc1ccc(CCC(Cn2ccnc2)Oc2cc(Cl)ccc2Cl)cc1. The van der Waals surface area contributed by atoms with Gasteiger partial charge in [-0.15, -0.1) is 0 Å². The minimum atomic E-state index is -0.0673. The zero-order valence-corrected chi connectivity index (χ0v) is 16.0. The summed E-state index contributed by atoms with van der Waals surface area (Å²) in [5.74, 6) is 1.45. The molecule has 1 unspecified atom stereocenters. The van der Waals surface area contributed by atoms with E-state index in [1.807, 2.05) is 22.9 Å². The lowest BCUT2D eigenvalue weighted by Crippen LogP contribution is -2.23. The summed E-state index contributed by atoms with van der Waals surface area (Å²) < 4.78 is 13.4. The van der Waals surface area contributed by atoms with Crippen molar-refractivity contribution in [2.24, 2.45) is 0 Å². The number of methoxy groups -OCH3 is 1. The largest absolute Gasteiger partial charge is 0.497 e. The topological polar surface area (TPSA) is 36.3 Å². The lowest BCUT2D eigenvalue weighted by molar-refractivity contribution is 0.170. The van der Waals surface area contributed by atoms with Crippen LogP contribution in [0.15, 0.2) is 61.2 Å². The Kier molecular flexibility index (Phi) is 6.42. The smallest absolute Gasteiger partial charge is 0.139 e. The zero-order valence-electron chi connectivity index (χ0n) is 14.4. The first-order chi connectivity index (χ1) is 12.6. The van der Waals surface area contributed by atoms with Gasteiger partial charge in [0.2, 0.25) is 0 Å². The fourth-order valence-corrected chi connectivity index (χ4v) is 3.01. The molecule has 0 spiro atoms. The summed E-state index contributed by atoms with van der Waals surface area (Å²) in [6, 6.07) is 13.3. The Balaban J connectivity index is 1.70. The molecule has 0 saturated carbocycles. The molecule has 6 heteroatoms. The number of ether oxygens (including phenoxy) is 2. The summed E-state index contributed by atoms with van der Waals surface area (Å²) in [6.07, 6.45) is 7.09. The van der Waals surface area contributed by atoms with Crippen LogP contribution < -0.4 is 9.47 Å². The van der Waals surface area contributed by atoms with E-state index < -0.39 is 0 Å². The number of hydrogen-bond acceptors (Lipinski definition) is 3. The van der Waals surface area contributed by atoms with Gasteiger partial charge in [0.25, 0.3) is 0 Å². The molecule has 0 aliphatic carbocycles. The molecule has 1 atom stereocenters. The Labute approximate surface area is 163 Å². The third-order valence-electron chi connectivity index (χ3n) is 4.07. The quantitative estimate of drug-likeness (QED) is 0.524. The third kappa shape index (κ3) is 5.16. The minimum absolute atomic E-state index is 0.0673. The first-order valence-electron chi connectivity index (χ1n) is 8.34. The molecule has 0 bridgehead atoms. The maximum atomic E-state index is 6.26. The Bertz CT molecular complexity index is 820. The van der Waals surface area contributed by atoms with E-state index in [-0.39, 0.29) is 6.10 Å². The normalized spacial score (nSPS) is 12.0. The molecule has 0 aliphatic rings. The van der Waals surface area contributed by atoms with E-state index in [4.69, 9.17) is 32.7 Å². The molecule has 26 heavy (non-hydrogen) atoms. The van der Waals surface area contributed by atoms with Gasteiger partial charge in [-0.3, -0.25) is 0 Å². The van der Waals surface area contributed by atoms with Crippen molar-refractivity contribution in [3.05, 3.63) is 76.8 Å². The standard InChI is InChI=1S/C20H20Cl2N2O2/c1-25-17-6-2-15(3-7-17)4-8-18(13-24-11-10-23-14-24)26-20-12-16(21)5-9-19(20)22/h2-3,5-7,9-12,14,18H,4,8,13H2,1H3. The molecule has 0 fully saturated rings. The van der Waals surface area contributed by atoms with E-state index in [0.29, 0.717) is 22.3 Å². The summed E-state index contributed by atoms with van der Waals surface area (Å²) in [6.45, 7) is 0.680. The Hall–Kier alpha value is -2.17. The van der Waals surface area contributed by atoms with Gasteiger partial charge in [0, 0.05) is 23.5 Å².